The summed E-state index contributed by atoms with van der Waals surface area (Å²) in [6.07, 6.45) is 11.1. The fourth-order valence-electron chi connectivity index (χ4n) is 2.91. The van der Waals surface area contributed by atoms with E-state index in [2.05, 4.69) is 6.92 Å². The smallest absolute Gasteiger partial charge is 0.135 e. The summed E-state index contributed by atoms with van der Waals surface area (Å²) in [7, 11) is 0. The zero-order valence-electron chi connectivity index (χ0n) is 10.0. The maximum atomic E-state index is 12.0. The summed E-state index contributed by atoms with van der Waals surface area (Å²) in [6, 6.07) is 0. The fraction of sp³-hybridized carbons (Fsp3) is 0.929. The van der Waals surface area contributed by atoms with Crippen molar-refractivity contribution in [3.63, 3.8) is 0 Å². The van der Waals surface area contributed by atoms with Gasteiger partial charge in [-0.15, -0.1) is 0 Å². The van der Waals surface area contributed by atoms with Gasteiger partial charge < -0.3 is 0 Å². The first-order chi connectivity index (χ1) is 7.29. The van der Waals surface area contributed by atoms with Crippen molar-refractivity contribution in [3.05, 3.63) is 0 Å². The highest BCUT2D eigenvalue weighted by Crippen LogP contribution is 2.36. The molecule has 2 fully saturated rings. The highest BCUT2D eigenvalue weighted by molar-refractivity contribution is 5.81. The van der Waals surface area contributed by atoms with Crippen molar-refractivity contribution in [3.8, 4) is 0 Å². The quantitative estimate of drug-likeness (QED) is 0.668. The second kappa shape index (κ2) is 5.14. The molecule has 0 N–H and O–H groups in total. The van der Waals surface area contributed by atoms with Crippen LogP contribution >= 0.6 is 0 Å². The van der Waals surface area contributed by atoms with Gasteiger partial charge in [-0.2, -0.15) is 0 Å². The summed E-state index contributed by atoms with van der Waals surface area (Å²) in [5.41, 5.74) is 0. The van der Waals surface area contributed by atoms with Gasteiger partial charge >= 0.3 is 0 Å². The van der Waals surface area contributed by atoms with Crippen LogP contribution in [0.4, 0.5) is 0 Å². The molecule has 2 aliphatic rings. The Morgan fingerprint density at radius 1 is 1.13 bits per heavy atom. The Hall–Kier alpha value is -0.330. The molecule has 0 amide bonds. The molecule has 0 bridgehead atoms. The zero-order valence-corrected chi connectivity index (χ0v) is 10.0. The van der Waals surface area contributed by atoms with Crippen molar-refractivity contribution in [2.45, 2.75) is 64.7 Å². The van der Waals surface area contributed by atoms with E-state index in [0.29, 0.717) is 11.7 Å². The lowest BCUT2D eigenvalue weighted by molar-refractivity contribution is -0.124. The first-order valence-electron chi connectivity index (χ1n) is 6.82. The lowest BCUT2D eigenvalue weighted by Gasteiger charge is -2.27. The third-order valence-electron chi connectivity index (χ3n) is 4.31. The highest BCUT2D eigenvalue weighted by Gasteiger charge is 2.28. The Kier molecular flexibility index (Phi) is 3.82. The van der Waals surface area contributed by atoms with E-state index in [1.54, 1.807) is 0 Å². The summed E-state index contributed by atoms with van der Waals surface area (Å²) in [5.74, 6) is 2.77. The van der Waals surface area contributed by atoms with Gasteiger partial charge in [0.2, 0.25) is 0 Å². The maximum absolute atomic E-state index is 12.0. The molecule has 1 heteroatoms. The molecular weight excluding hydrogens is 184 g/mol. The number of carbonyl (C=O) groups is 1. The summed E-state index contributed by atoms with van der Waals surface area (Å²) in [6.45, 7) is 2.27. The van der Waals surface area contributed by atoms with Gasteiger partial charge in [0.25, 0.3) is 0 Å². The van der Waals surface area contributed by atoms with Crippen molar-refractivity contribution in [2.24, 2.45) is 17.8 Å². The molecule has 2 saturated carbocycles. The van der Waals surface area contributed by atoms with Crippen LogP contribution in [0.15, 0.2) is 0 Å². The first kappa shape index (κ1) is 11.2. The molecule has 0 aliphatic heterocycles. The van der Waals surface area contributed by atoms with Gasteiger partial charge in [0.05, 0.1) is 0 Å². The van der Waals surface area contributed by atoms with Crippen LogP contribution < -0.4 is 0 Å². The third kappa shape index (κ3) is 3.32. The number of ketones is 1. The molecule has 2 atom stereocenters. The van der Waals surface area contributed by atoms with Gasteiger partial charge in [0, 0.05) is 12.3 Å². The Morgan fingerprint density at radius 3 is 2.60 bits per heavy atom. The van der Waals surface area contributed by atoms with Crippen LogP contribution in [0.25, 0.3) is 0 Å². The molecule has 0 saturated heterocycles. The van der Waals surface area contributed by atoms with E-state index in [-0.39, 0.29) is 0 Å². The lowest BCUT2D eigenvalue weighted by Crippen LogP contribution is -2.22. The second-order valence-electron chi connectivity index (χ2n) is 5.59. The number of rotatable bonds is 5. The van der Waals surface area contributed by atoms with E-state index >= 15 is 0 Å². The molecule has 0 heterocycles. The molecule has 2 unspecified atom stereocenters. The second-order valence-corrected chi connectivity index (χ2v) is 5.59. The van der Waals surface area contributed by atoms with Crippen molar-refractivity contribution in [1.82, 2.24) is 0 Å². The minimum absolute atomic E-state index is 0.433. The van der Waals surface area contributed by atoms with E-state index in [9.17, 15) is 4.79 Å². The molecule has 0 aromatic carbocycles. The minimum Gasteiger partial charge on any atom is -0.299 e. The van der Waals surface area contributed by atoms with Crippen LogP contribution in [0, 0.1) is 17.8 Å². The van der Waals surface area contributed by atoms with Crippen molar-refractivity contribution < 1.29 is 4.79 Å². The summed E-state index contributed by atoms with van der Waals surface area (Å²) in [5, 5.41) is 0. The SMILES string of the molecule is CCC1CCCC(C(=O)CCC2CC2)C1. The lowest BCUT2D eigenvalue weighted by atomic mass is 9.77. The molecule has 2 rings (SSSR count). The topological polar surface area (TPSA) is 17.1 Å². The first-order valence-corrected chi connectivity index (χ1v) is 6.82. The summed E-state index contributed by atoms with van der Waals surface area (Å²) >= 11 is 0. The van der Waals surface area contributed by atoms with Crippen LogP contribution in [-0.4, -0.2) is 5.78 Å². The van der Waals surface area contributed by atoms with Gasteiger partial charge in [0.1, 0.15) is 5.78 Å². The standard InChI is InChI=1S/C14H24O/c1-2-11-4-3-5-13(10-11)14(15)9-8-12-6-7-12/h11-13H,2-10H2,1H3. The molecule has 0 aromatic heterocycles. The number of hydrogen-bond acceptors (Lipinski definition) is 1. The van der Waals surface area contributed by atoms with Gasteiger partial charge in [0.15, 0.2) is 0 Å². The third-order valence-corrected chi connectivity index (χ3v) is 4.31. The van der Waals surface area contributed by atoms with Gasteiger partial charge in [-0.3, -0.25) is 4.79 Å². The van der Waals surface area contributed by atoms with Gasteiger partial charge in [-0.25, -0.2) is 0 Å². The monoisotopic (exact) mass is 208 g/mol. The van der Waals surface area contributed by atoms with Crippen LogP contribution in [-0.2, 0) is 4.79 Å². The van der Waals surface area contributed by atoms with Crippen LogP contribution in [0.3, 0.4) is 0 Å². The molecule has 1 nitrogen and oxygen atoms in total. The maximum Gasteiger partial charge on any atom is 0.135 e. The van der Waals surface area contributed by atoms with E-state index in [0.717, 1.165) is 18.3 Å². The average molecular weight is 208 g/mol. The number of Topliss-reactive ketones (excluding diaryl/α,β-unsaturated/α-hetero) is 1. The minimum atomic E-state index is 0.433. The van der Waals surface area contributed by atoms with Crippen molar-refractivity contribution in [2.75, 3.05) is 0 Å². The molecule has 2 aliphatic carbocycles. The summed E-state index contributed by atoms with van der Waals surface area (Å²) < 4.78 is 0. The van der Waals surface area contributed by atoms with Crippen molar-refractivity contribution >= 4 is 5.78 Å². The number of hydrogen-bond donors (Lipinski definition) is 0. The molecule has 0 spiro atoms. The van der Waals surface area contributed by atoms with Crippen LogP contribution in [0.1, 0.15) is 64.7 Å². The summed E-state index contributed by atoms with van der Waals surface area (Å²) in [4.78, 5) is 12.0. The largest absolute Gasteiger partial charge is 0.299 e. The number of carbonyl (C=O) groups excluding carboxylic acids is 1. The molecule has 0 aromatic rings. The molecule has 15 heavy (non-hydrogen) atoms. The van der Waals surface area contributed by atoms with E-state index < -0.39 is 0 Å². The highest BCUT2D eigenvalue weighted by atomic mass is 16.1. The van der Waals surface area contributed by atoms with Gasteiger partial charge in [-0.05, 0) is 31.1 Å². The Morgan fingerprint density at radius 2 is 1.93 bits per heavy atom. The average Bonchev–Trinajstić information content (AvgIpc) is 3.10. The zero-order chi connectivity index (χ0) is 10.7. The molecule has 86 valence electrons. The van der Waals surface area contributed by atoms with E-state index in [1.165, 1.54) is 51.4 Å². The fourth-order valence-corrected chi connectivity index (χ4v) is 2.91. The van der Waals surface area contributed by atoms with Crippen LogP contribution in [0.5, 0.6) is 0 Å². The predicted octanol–water partition coefficient (Wildman–Crippen LogP) is 3.96. The Balaban J connectivity index is 1.72. The van der Waals surface area contributed by atoms with Crippen molar-refractivity contribution in [1.29, 1.82) is 0 Å². The molecular formula is C14H24O. The predicted molar refractivity (Wildman–Crippen MR) is 62.7 cm³/mol. The molecule has 0 radical (unpaired) electrons. The van der Waals surface area contributed by atoms with Crippen LogP contribution in [0.2, 0.25) is 0 Å². The Bertz CT molecular complexity index is 217. The van der Waals surface area contributed by atoms with E-state index in [1.807, 2.05) is 0 Å². The van der Waals surface area contributed by atoms with Gasteiger partial charge in [-0.1, -0.05) is 39.0 Å². The van der Waals surface area contributed by atoms with E-state index in [4.69, 9.17) is 0 Å². The normalized spacial score (nSPS) is 31.5. The Labute approximate surface area is 93.6 Å².